The van der Waals surface area contributed by atoms with E-state index in [2.05, 4.69) is 0 Å². The van der Waals surface area contributed by atoms with E-state index in [0.717, 1.165) is 11.3 Å². The van der Waals surface area contributed by atoms with Crippen molar-refractivity contribution in [2.45, 2.75) is 20.3 Å². The molecule has 0 unspecified atom stereocenters. The molecule has 0 heterocycles. The molecule has 0 saturated heterocycles. The lowest BCUT2D eigenvalue weighted by Gasteiger charge is -2.11. The second kappa shape index (κ2) is 5.17. The van der Waals surface area contributed by atoms with Crippen LogP contribution < -0.4 is 4.74 Å². The minimum Gasteiger partial charge on any atom is -0.496 e. The van der Waals surface area contributed by atoms with E-state index in [9.17, 15) is 4.79 Å². The van der Waals surface area contributed by atoms with E-state index in [1.165, 1.54) is 0 Å². The molecule has 1 atom stereocenters. The second-order valence-corrected chi connectivity index (χ2v) is 4.11. The van der Waals surface area contributed by atoms with Crippen LogP contribution >= 0.6 is 11.6 Å². The number of Topliss-reactive ketones (excluding diaryl/α,β-unsaturated/α-hetero) is 1. The molecule has 0 bridgehead atoms. The first-order valence-corrected chi connectivity index (χ1v) is 5.25. The van der Waals surface area contributed by atoms with Crippen molar-refractivity contribution >= 4 is 17.4 Å². The third-order valence-corrected chi connectivity index (χ3v) is 2.70. The molecule has 0 aromatic heterocycles. The number of carbonyl (C=O) groups is 1. The quantitative estimate of drug-likeness (QED) is 0.789. The summed E-state index contributed by atoms with van der Waals surface area (Å²) in [7, 11) is 1.60. The van der Waals surface area contributed by atoms with Gasteiger partial charge in [-0.2, -0.15) is 0 Å². The van der Waals surface area contributed by atoms with Crippen molar-refractivity contribution in [1.82, 2.24) is 0 Å². The van der Waals surface area contributed by atoms with Gasteiger partial charge in [0, 0.05) is 10.9 Å². The average Bonchev–Trinajstić information content (AvgIpc) is 2.20. The highest BCUT2D eigenvalue weighted by Gasteiger charge is 2.12. The number of ether oxygens (including phenoxy) is 1. The molecule has 0 N–H and O–H groups in total. The number of hydrogen-bond donors (Lipinski definition) is 0. The monoisotopic (exact) mass is 226 g/mol. The Morgan fingerprint density at radius 2 is 2.20 bits per heavy atom. The molecular weight excluding hydrogens is 212 g/mol. The van der Waals surface area contributed by atoms with Crippen LogP contribution in [0.3, 0.4) is 0 Å². The molecule has 0 aliphatic heterocycles. The standard InChI is InChI=1S/C12H15ClO2/c1-8(9(2)14)6-10-4-5-11(13)7-12(10)15-3/h4-5,7-8H,6H2,1-3H3/t8-/m1/s1. The summed E-state index contributed by atoms with van der Waals surface area (Å²) in [4.78, 5) is 11.1. The van der Waals surface area contributed by atoms with E-state index in [0.29, 0.717) is 11.4 Å². The number of benzene rings is 1. The molecule has 0 radical (unpaired) electrons. The van der Waals surface area contributed by atoms with Crippen LogP contribution in [0, 0.1) is 5.92 Å². The van der Waals surface area contributed by atoms with Gasteiger partial charge in [0.1, 0.15) is 11.5 Å². The molecule has 2 nitrogen and oxygen atoms in total. The Balaban J connectivity index is 2.89. The van der Waals surface area contributed by atoms with Crippen LogP contribution in [0.2, 0.25) is 5.02 Å². The lowest BCUT2D eigenvalue weighted by molar-refractivity contribution is -0.120. The van der Waals surface area contributed by atoms with Crippen molar-refractivity contribution in [3.63, 3.8) is 0 Å². The summed E-state index contributed by atoms with van der Waals surface area (Å²) in [6, 6.07) is 5.48. The molecule has 15 heavy (non-hydrogen) atoms. The first-order valence-electron chi connectivity index (χ1n) is 4.87. The van der Waals surface area contributed by atoms with Crippen LogP contribution in [0.1, 0.15) is 19.4 Å². The maximum atomic E-state index is 11.1. The van der Waals surface area contributed by atoms with Crippen LogP contribution in [0.15, 0.2) is 18.2 Å². The summed E-state index contributed by atoms with van der Waals surface area (Å²) >= 11 is 5.85. The van der Waals surface area contributed by atoms with Crippen LogP contribution in [-0.4, -0.2) is 12.9 Å². The second-order valence-electron chi connectivity index (χ2n) is 3.67. The third kappa shape index (κ3) is 3.24. The molecule has 0 amide bonds. The zero-order valence-corrected chi connectivity index (χ0v) is 9.97. The highest BCUT2D eigenvalue weighted by molar-refractivity contribution is 6.30. The Kier molecular flexibility index (Phi) is 4.15. The Bertz CT molecular complexity index is 361. The molecule has 0 saturated carbocycles. The zero-order valence-electron chi connectivity index (χ0n) is 9.21. The van der Waals surface area contributed by atoms with Crippen molar-refractivity contribution in [3.8, 4) is 5.75 Å². The fraction of sp³-hybridized carbons (Fsp3) is 0.417. The summed E-state index contributed by atoms with van der Waals surface area (Å²) in [5, 5.41) is 0.645. The maximum absolute atomic E-state index is 11.1. The Morgan fingerprint density at radius 3 is 2.73 bits per heavy atom. The molecule has 0 fully saturated rings. The van der Waals surface area contributed by atoms with E-state index in [4.69, 9.17) is 16.3 Å². The fourth-order valence-corrected chi connectivity index (χ4v) is 1.52. The van der Waals surface area contributed by atoms with E-state index >= 15 is 0 Å². The summed E-state index contributed by atoms with van der Waals surface area (Å²) in [5.74, 6) is 0.947. The molecule has 1 aromatic rings. The molecule has 82 valence electrons. The van der Waals surface area contributed by atoms with E-state index < -0.39 is 0 Å². The van der Waals surface area contributed by atoms with Crippen LogP contribution in [0.4, 0.5) is 0 Å². The molecule has 1 aromatic carbocycles. The van der Waals surface area contributed by atoms with Gasteiger partial charge in [-0.05, 0) is 31.0 Å². The lowest BCUT2D eigenvalue weighted by Crippen LogP contribution is -2.10. The van der Waals surface area contributed by atoms with Gasteiger partial charge in [-0.15, -0.1) is 0 Å². The number of methoxy groups -OCH3 is 1. The van der Waals surface area contributed by atoms with Crippen molar-refractivity contribution in [2.24, 2.45) is 5.92 Å². The number of halogens is 1. The Hall–Kier alpha value is -1.02. The van der Waals surface area contributed by atoms with Gasteiger partial charge in [-0.3, -0.25) is 4.79 Å². The topological polar surface area (TPSA) is 26.3 Å². The van der Waals surface area contributed by atoms with Crippen molar-refractivity contribution in [3.05, 3.63) is 28.8 Å². The van der Waals surface area contributed by atoms with Gasteiger partial charge in [0.05, 0.1) is 7.11 Å². The van der Waals surface area contributed by atoms with Gasteiger partial charge < -0.3 is 4.74 Å². The highest BCUT2D eigenvalue weighted by atomic mass is 35.5. The summed E-state index contributed by atoms with van der Waals surface area (Å²) in [5.41, 5.74) is 1.02. The largest absolute Gasteiger partial charge is 0.496 e. The van der Waals surface area contributed by atoms with Gasteiger partial charge in [0.2, 0.25) is 0 Å². The van der Waals surface area contributed by atoms with Crippen LogP contribution in [0.5, 0.6) is 5.75 Å². The number of carbonyl (C=O) groups excluding carboxylic acids is 1. The fourth-order valence-electron chi connectivity index (χ4n) is 1.36. The van der Waals surface area contributed by atoms with Crippen LogP contribution in [-0.2, 0) is 11.2 Å². The minimum atomic E-state index is 0.0140. The number of ketones is 1. The molecule has 0 aliphatic rings. The van der Waals surface area contributed by atoms with Crippen LogP contribution in [0.25, 0.3) is 0 Å². The average molecular weight is 227 g/mol. The Labute approximate surface area is 95.2 Å². The summed E-state index contributed by atoms with van der Waals surface area (Å²) in [6.07, 6.45) is 0.690. The smallest absolute Gasteiger partial charge is 0.132 e. The maximum Gasteiger partial charge on any atom is 0.132 e. The van der Waals surface area contributed by atoms with E-state index in [1.54, 1.807) is 20.1 Å². The Morgan fingerprint density at radius 1 is 1.53 bits per heavy atom. The van der Waals surface area contributed by atoms with Gasteiger partial charge in [-0.1, -0.05) is 24.6 Å². The number of rotatable bonds is 4. The van der Waals surface area contributed by atoms with Crippen molar-refractivity contribution in [2.75, 3.05) is 7.11 Å². The van der Waals surface area contributed by atoms with Gasteiger partial charge in [0.15, 0.2) is 0 Å². The number of hydrogen-bond acceptors (Lipinski definition) is 2. The predicted octanol–water partition coefficient (Wildman–Crippen LogP) is 3.12. The first-order chi connectivity index (χ1) is 7.04. The highest BCUT2D eigenvalue weighted by Crippen LogP contribution is 2.25. The first kappa shape index (κ1) is 12.1. The lowest BCUT2D eigenvalue weighted by atomic mass is 9.97. The van der Waals surface area contributed by atoms with Crippen molar-refractivity contribution in [1.29, 1.82) is 0 Å². The zero-order chi connectivity index (χ0) is 11.4. The molecule has 1 rings (SSSR count). The predicted molar refractivity (Wildman–Crippen MR) is 61.6 cm³/mol. The van der Waals surface area contributed by atoms with Gasteiger partial charge in [-0.25, -0.2) is 0 Å². The summed E-state index contributed by atoms with van der Waals surface area (Å²) < 4.78 is 5.21. The minimum absolute atomic E-state index is 0.0140. The van der Waals surface area contributed by atoms with E-state index in [1.807, 2.05) is 19.1 Å². The molecular formula is C12H15ClO2. The molecule has 3 heteroatoms. The third-order valence-electron chi connectivity index (χ3n) is 2.47. The summed E-state index contributed by atoms with van der Waals surface area (Å²) in [6.45, 7) is 3.52. The van der Waals surface area contributed by atoms with Gasteiger partial charge >= 0.3 is 0 Å². The van der Waals surface area contributed by atoms with Gasteiger partial charge in [0.25, 0.3) is 0 Å². The molecule has 0 spiro atoms. The SMILES string of the molecule is COc1cc(Cl)ccc1C[C@@H](C)C(C)=O. The van der Waals surface area contributed by atoms with E-state index in [-0.39, 0.29) is 11.7 Å². The molecule has 0 aliphatic carbocycles. The van der Waals surface area contributed by atoms with Crippen molar-refractivity contribution < 1.29 is 9.53 Å². The normalized spacial score (nSPS) is 12.3.